The van der Waals surface area contributed by atoms with Crippen LogP contribution in [0.3, 0.4) is 0 Å². The van der Waals surface area contributed by atoms with Crippen LogP contribution >= 0.6 is 0 Å². The number of carboxylic acid groups (broad SMARTS) is 1. The molecule has 1 unspecified atom stereocenters. The van der Waals surface area contributed by atoms with Gasteiger partial charge in [-0.15, -0.1) is 0 Å². The smallest absolute Gasteiger partial charge is 0.436 e. The number of likely N-dealkylation sites (tertiary alicyclic amines) is 1. The zero-order chi connectivity index (χ0) is 22.8. The number of imidazole rings is 1. The number of benzene rings is 1. The van der Waals surface area contributed by atoms with Crippen LogP contribution in [0.15, 0.2) is 36.7 Å². The van der Waals surface area contributed by atoms with Crippen LogP contribution in [0.1, 0.15) is 23.9 Å². The summed E-state index contributed by atoms with van der Waals surface area (Å²) in [6.07, 6.45) is 3.24. The highest BCUT2D eigenvalue weighted by Crippen LogP contribution is 2.34. The quantitative estimate of drug-likeness (QED) is 0.588. The number of carbonyl (C=O) groups excluding carboxylic acids is 1. The zero-order valence-electron chi connectivity index (χ0n) is 18.2. The maximum absolute atomic E-state index is 12.2. The van der Waals surface area contributed by atoms with E-state index in [1.807, 2.05) is 34.6 Å². The third-order valence-corrected chi connectivity index (χ3v) is 5.67. The number of methoxy groups -OCH3 is 1. The molecule has 1 aliphatic rings. The highest BCUT2D eigenvalue weighted by atomic mass is 16.7. The Labute approximate surface area is 185 Å². The molecule has 0 spiro atoms. The minimum atomic E-state index is -1.20. The molecule has 0 bridgehead atoms. The van der Waals surface area contributed by atoms with Gasteiger partial charge in [-0.1, -0.05) is 12.1 Å². The molecule has 1 aliphatic heterocycles. The van der Waals surface area contributed by atoms with Crippen molar-refractivity contribution in [2.75, 3.05) is 39.0 Å². The lowest BCUT2D eigenvalue weighted by molar-refractivity contribution is -0.134. The van der Waals surface area contributed by atoms with E-state index in [0.29, 0.717) is 18.8 Å². The topological polar surface area (TPSA) is 110 Å². The summed E-state index contributed by atoms with van der Waals surface area (Å²) in [5, 5.41) is 10.0. The van der Waals surface area contributed by atoms with Gasteiger partial charge < -0.3 is 14.7 Å². The molecule has 1 N–H and O–H groups in total. The number of nitrogens with zero attached hydrogens (tertiary/aromatic N) is 5. The number of rotatable bonds is 6. The van der Waals surface area contributed by atoms with Gasteiger partial charge in [0.15, 0.2) is 0 Å². The summed E-state index contributed by atoms with van der Waals surface area (Å²) >= 11 is 0. The van der Waals surface area contributed by atoms with Crippen LogP contribution < -0.4 is 5.06 Å². The summed E-state index contributed by atoms with van der Waals surface area (Å²) in [5.41, 5.74) is 3.71. The molecule has 2 aromatic heterocycles. The second-order valence-electron chi connectivity index (χ2n) is 7.61. The maximum Gasteiger partial charge on any atom is 0.436 e. The molecule has 32 heavy (non-hydrogen) atoms. The summed E-state index contributed by atoms with van der Waals surface area (Å²) in [4.78, 5) is 39.7. The molecular weight excluding hydrogens is 414 g/mol. The largest absolute Gasteiger partial charge is 0.463 e. The highest BCUT2D eigenvalue weighted by molar-refractivity contribution is 5.85. The fourth-order valence-electron chi connectivity index (χ4n) is 4.17. The first-order valence-electron chi connectivity index (χ1n) is 10.2. The van der Waals surface area contributed by atoms with Gasteiger partial charge in [-0.3, -0.25) is 19.0 Å². The van der Waals surface area contributed by atoms with E-state index in [4.69, 9.17) is 14.6 Å². The molecule has 1 aromatic carbocycles. The van der Waals surface area contributed by atoms with Crippen molar-refractivity contribution in [1.29, 1.82) is 0 Å². The number of aryl methyl sites for hydroxylation is 1. The molecule has 1 fully saturated rings. The molecule has 0 saturated carbocycles. The van der Waals surface area contributed by atoms with Crippen LogP contribution in [0, 0.1) is 6.92 Å². The third-order valence-electron chi connectivity index (χ3n) is 5.67. The van der Waals surface area contributed by atoms with Crippen molar-refractivity contribution in [3.63, 3.8) is 0 Å². The monoisotopic (exact) mass is 439 g/mol. The van der Waals surface area contributed by atoms with E-state index in [9.17, 15) is 14.7 Å². The van der Waals surface area contributed by atoms with E-state index in [1.54, 1.807) is 18.3 Å². The lowest BCUT2D eigenvalue weighted by Crippen LogP contribution is -2.31. The first-order valence-corrected chi connectivity index (χ1v) is 10.2. The van der Waals surface area contributed by atoms with Gasteiger partial charge in [0.2, 0.25) is 5.91 Å². The van der Waals surface area contributed by atoms with Crippen LogP contribution in [-0.4, -0.2) is 70.3 Å². The summed E-state index contributed by atoms with van der Waals surface area (Å²) in [6, 6.07) is 6.96. The molecule has 4 rings (SSSR count). The van der Waals surface area contributed by atoms with Crippen molar-refractivity contribution in [3.05, 3.63) is 48.2 Å². The molecule has 1 atom stereocenters. The fraction of sp³-hybridized carbons (Fsp3) is 0.364. The molecule has 3 heterocycles. The number of carbonyl (C=O) groups is 2. The number of aromatic nitrogens is 3. The Balaban J connectivity index is 1.71. The van der Waals surface area contributed by atoms with Gasteiger partial charge >= 0.3 is 6.09 Å². The van der Waals surface area contributed by atoms with Gasteiger partial charge in [0.1, 0.15) is 12.4 Å². The minimum Gasteiger partial charge on any atom is -0.463 e. The Morgan fingerprint density at radius 3 is 2.66 bits per heavy atom. The first kappa shape index (κ1) is 21.7. The van der Waals surface area contributed by atoms with Gasteiger partial charge in [0.05, 0.1) is 29.7 Å². The number of fused-ring (bicyclic) bond motifs is 1. The van der Waals surface area contributed by atoms with E-state index < -0.39 is 6.09 Å². The second-order valence-corrected chi connectivity index (χ2v) is 7.61. The average molecular weight is 439 g/mol. The van der Waals surface area contributed by atoms with Crippen molar-refractivity contribution in [2.24, 2.45) is 0 Å². The lowest BCUT2D eigenvalue weighted by atomic mass is 10.1. The summed E-state index contributed by atoms with van der Waals surface area (Å²) in [5.74, 6) is 0.945. The highest BCUT2D eigenvalue weighted by Gasteiger charge is 2.31. The molecule has 10 heteroatoms. The summed E-state index contributed by atoms with van der Waals surface area (Å²) in [7, 11) is 2.82. The van der Waals surface area contributed by atoms with Gasteiger partial charge in [-0.2, -0.15) is 5.06 Å². The standard InChI is InChI=1S/C22H25N5O5/c1-14-20-19(15-4-6-17(7-5-15)27(32-3)22(29)30)24-21(26(20)11-9-23-14)16-8-10-25(12-16)18(28)13-31-2/h4-7,9,11,16H,8,10,12-13H2,1-3H3,(H,29,30). The second kappa shape index (κ2) is 8.93. The van der Waals surface area contributed by atoms with Crippen molar-refractivity contribution >= 4 is 23.2 Å². The van der Waals surface area contributed by atoms with E-state index >= 15 is 0 Å². The number of hydrogen-bond acceptors (Lipinski definition) is 6. The van der Waals surface area contributed by atoms with E-state index in [-0.39, 0.29) is 18.4 Å². The zero-order valence-corrected chi connectivity index (χ0v) is 18.2. The number of amides is 2. The minimum absolute atomic E-state index is 0.0225. The van der Waals surface area contributed by atoms with E-state index in [0.717, 1.165) is 39.8 Å². The lowest BCUT2D eigenvalue weighted by Gasteiger charge is -2.15. The number of hydroxylamine groups is 1. The number of ether oxygens (including phenoxy) is 1. The Morgan fingerprint density at radius 1 is 1.25 bits per heavy atom. The molecule has 0 radical (unpaired) electrons. The first-order chi connectivity index (χ1) is 15.4. The Hall–Kier alpha value is -3.50. The normalized spacial score (nSPS) is 16.0. The summed E-state index contributed by atoms with van der Waals surface area (Å²) in [6.45, 7) is 3.25. The number of hydrogen-bond donors (Lipinski definition) is 1. The predicted molar refractivity (Wildman–Crippen MR) is 116 cm³/mol. The van der Waals surface area contributed by atoms with Crippen LogP contribution in [0.5, 0.6) is 0 Å². The fourth-order valence-corrected chi connectivity index (χ4v) is 4.17. The average Bonchev–Trinajstić information content (AvgIpc) is 3.40. The van der Waals surface area contributed by atoms with Crippen molar-refractivity contribution in [1.82, 2.24) is 19.3 Å². The van der Waals surface area contributed by atoms with Crippen LogP contribution in [0.25, 0.3) is 16.8 Å². The number of anilines is 1. The molecule has 3 aromatic rings. The van der Waals surface area contributed by atoms with Crippen LogP contribution in [-0.2, 0) is 14.4 Å². The third kappa shape index (κ3) is 3.90. The van der Waals surface area contributed by atoms with Gasteiger partial charge in [0.25, 0.3) is 0 Å². The molecule has 0 aliphatic carbocycles. The Morgan fingerprint density at radius 2 is 2.00 bits per heavy atom. The van der Waals surface area contributed by atoms with E-state index in [1.165, 1.54) is 14.2 Å². The van der Waals surface area contributed by atoms with Gasteiger partial charge in [0, 0.05) is 44.1 Å². The van der Waals surface area contributed by atoms with Crippen LogP contribution in [0.2, 0.25) is 0 Å². The molecular formula is C22H25N5O5. The molecule has 2 amide bonds. The van der Waals surface area contributed by atoms with Crippen molar-refractivity contribution in [3.8, 4) is 11.3 Å². The Kier molecular flexibility index (Phi) is 6.06. The maximum atomic E-state index is 12.2. The molecule has 10 nitrogen and oxygen atoms in total. The SMILES string of the molecule is COCC(=O)N1CCC(c2nc(-c3ccc(N(OC)C(=O)O)cc3)c3c(C)nccn23)C1. The van der Waals surface area contributed by atoms with Crippen LogP contribution in [0.4, 0.5) is 10.5 Å². The van der Waals surface area contributed by atoms with Gasteiger partial charge in [-0.05, 0) is 25.5 Å². The van der Waals surface area contributed by atoms with Gasteiger partial charge in [-0.25, -0.2) is 9.78 Å². The van der Waals surface area contributed by atoms with Crippen molar-refractivity contribution < 1.29 is 24.3 Å². The molecule has 168 valence electrons. The van der Waals surface area contributed by atoms with Crippen molar-refractivity contribution in [2.45, 2.75) is 19.3 Å². The molecule has 1 saturated heterocycles. The Bertz CT molecular complexity index is 1140. The van der Waals surface area contributed by atoms with E-state index in [2.05, 4.69) is 4.98 Å². The predicted octanol–water partition coefficient (Wildman–Crippen LogP) is 2.71. The summed E-state index contributed by atoms with van der Waals surface area (Å²) < 4.78 is 7.03.